The van der Waals surface area contributed by atoms with Crippen LogP contribution in [0, 0.1) is 6.92 Å². The van der Waals surface area contributed by atoms with Gasteiger partial charge in [-0.05, 0) is 30.5 Å². The maximum Gasteiger partial charge on any atom is 0.320 e. The number of rotatable bonds is 6. The minimum atomic E-state index is -0.982. The summed E-state index contributed by atoms with van der Waals surface area (Å²) in [7, 11) is 0. The summed E-state index contributed by atoms with van der Waals surface area (Å²) in [6.07, 6.45) is 3.93. The molecular weight excluding hydrogens is 256 g/mol. The Hall–Kier alpha value is -2.34. The minimum absolute atomic E-state index is 0.332. The van der Waals surface area contributed by atoms with Crippen molar-refractivity contribution in [2.75, 3.05) is 5.32 Å². The quantitative estimate of drug-likeness (QED) is 0.635. The molecule has 0 unspecified atom stereocenters. The summed E-state index contributed by atoms with van der Waals surface area (Å²) in [5.74, 6) is -0.982. The Morgan fingerprint density at radius 2 is 2.30 bits per heavy atom. The predicted molar refractivity (Wildman–Crippen MR) is 76.4 cm³/mol. The van der Waals surface area contributed by atoms with Gasteiger partial charge in [-0.1, -0.05) is 12.1 Å². The summed E-state index contributed by atoms with van der Waals surface area (Å²) in [6.45, 7) is 2.67. The minimum Gasteiger partial charge on any atom is -0.480 e. The Morgan fingerprint density at radius 3 is 2.90 bits per heavy atom. The first kappa shape index (κ1) is 14.1. The molecule has 0 amide bonds. The highest BCUT2D eigenvalue weighted by molar-refractivity contribution is 5.73. The number of anilines is 1. The summed E-state index contributed by atoms with van der Waals surface area (Å²) in [5, 5.41) is 18.8. The predicted octanol–water partition coefficient (Wildman–Crippen LogP) is 1.28. The lowest BCUT2D eigenvalue weighted by atomic mass is 10.0. The first-order valence-corrected chi connectivity index (χ1v) is 6.35. The molecule has 0 aliphatic rings. The van der Waals surface area contributed by atoms with Crippen LogP contribution in [-0.4, -0.2) is 27.3 Å². The van der Waals surface area contributed by atoms with Crippen molar-refractivity contribution in [3.05, 3.63) is 47.3 Å². The number of aromatic nitrogens is 2. The van der Waals surface area contributed by atoms with Gasteiger partial charge in [0.1, 0.15) is 6.04 Å². The fourth-order valence-corrected chi connectivity index (χ4v) is 1.96. The smallest absolute Gasteiger partial charge is 0.320 e. The number of hydrogen-bond acceptors (Lipinski definition) is 4. The topological polar surface area (TPSA) is 104 Å². The summed E-state index contributed by atoms with van der Waals surface area (Å²) < 4.78 is 0. The Kier molecular flexibility index (Phi) is 4.37. The molecule has 0 fully saturated rings. The zero-order chi connectivity index (χ0) is 14.5. The van der Waals surface area contributed by atoms with E-state index in [2.05, 4.69) is 15.5 Å². The fraction of sp³-hybridized carbons (Fsp3) is 0.286. The number of carbonyl (C=O) groups is 1. The molecule has 1 heterocycles. The van der Waals surface area contributed by atoms with Gasteiger partial charge >= 0.3 is 5.97 Å². The van der Waals surface area contributed by atoms with Crippen molar-refractivity contribution in [3.63, 3.8) is 0 Å². The summed E-state index contributed by atoms with van der Waals surface area (Å²) in [4.78, 5) is 10.7. The number of nitrogens with zero attached hydrogens (tertiary/aromatic N) is 1. The third kappa shape index (κ3) is 3.58. The van der Waals surface area contributed by atoms with Crippen LogP contribution in [0.15, 0.2) is 30.6 Å². The monoisotopic (exact) mass is 274 g/mol. The second kappa shape index (κ2) is 6.21. The number of aliphatic carboxylic acids is 1. The Labute approximate surface area is 117 Å². The van der Waals surface area contributed by atoms with E-state index in [4.69, 9.17) is 10.8 Å². The van der Waals surface area contributed by atoms with Crippen molar-refractivity contribution in [2.45, 2.75) is 25.9 Å². The Bertz CT molecular complexity index is 581. The van der Waals surface area contributed by atoms with Gasteiger partial charge in [-0.3, -0.25) is 9.89 Å². The Balaban J connectivity index is 2.00. The van der Waals surface area contributed by atoms with E-state index in [0.29, 0.717) is 13.0 Å². The first-order chi connectivity index (χ1) is 9.56. The van der Waals surface area contributed by atoms with Crippen LogP contribution in [-0.2, 0) is 17.8 Å². The molecular formula is C14H18N4O2. The summed E-state index contributed by atoms with van der Waals surface area (Å²) >= 11 is 0. The van der Waals surface area contributed by atoms with E-state index >= 15 is 0 Å². The number of aryl methyl sites for hydroxylation is 1. The molecule has 106 valence electrons. The van der Waals surface area contributed by atoms with Crippen molar-refractivity contribution in [3.8, 4) is 0 Å². The molecule has 0 spiro atoms. The van der Waals surface area contributed by atoms with Gasteiger partial charge < -0.3 is 16.2 Å². The summed E-state index contributed by atoms with van der Waals surface area (Å²) in [5.41, 5.74) is 9.60. The third-order valence-corrected chi connectivity index (χ3v) is 3.10. The molecule has 1 aromatic heterocycles. The maximum atomic E-state index is 10.7. The van der Waals surface area contributed by atoms with E-state index < -0.39 is 12.0 Å². The van der Waals surface area contributed by atoms with Gasteiger partial charge in [-0.25, -0.2) is 0 Å². The van der Waals surface area contributed by atoms with E-state index in [1.54, 1.807) is 6.20 Å². The van der Waals surface area contributed by atoms with E-state index in [1.165, 1.54) is 0 Å². The number of nitrogens with two attached hydrogens (primary N) is 1. The molecule has 1 aromatic carbocycles. The van der Waals surface area contributed by atoms with Crippen LogP contribution >= 0.6 is 0 Å². The standard InChI is InChI=1S/C14H18N4O2/c1-9-4-10(5-12(15)14(19)20)2-3-13(9)16-6-11-7-17-18-8-11/h2-4,7-8,12,16H,5-6,15H2,1H3,(H,17,18)(H,19,20)/t12-/m0/s1. The van der Waals surface area contributed by atoms with E-state index in [0.717, 1.165) is 22.4 Å². The molecule has 20 heavy (non-hydrogen) atoms. The van der Waals surface area contributed by atoms with Crippen LogP contribution < -0.4 is 11.1 Å². The normalized spacial score (nSPS) is 12.1. The molecule has 0 bridgehead atoms. The van der Waals surface area contributed by atoms with E-state index in [-0.39, 0.29) is 0 Å². The number of carboxylic acids is 1. The van der Waals surface area contributed by atoms with Gasteiger partial charge in [0.25, 0.3) is 0 Å². The van der Waals surface area contributed by atoms with Gasteiger partial charge in [0.2, 0.25) is 0 Å². The van der Waals surface area contributed by atoms with Crippen LogP contribution in [0.4, 0.5) is 5.69 Å². The van der Waals surface area contributed by atoms with Gasteiger partial charge in [0.15, 0.2) is 0 Å². The maximum absolute atomic E-state index is 10.7. The van der Waals surface area contributed by atoms with Gasteiger partial charge in [0.05, 0.1) is 6.20 Å². The molecule has 0 aliphatic carbocycles. The fourth-order valence-electron chi connectivity index (χ4n) is 1.96. The average molecular weight is 274 g/mol. The van der Waals surface area contributed by atoms with Crippen LogP contribution in [0.25, 0.3) is 0 Å². The molecule has 5 N–H and O–H groups in total. The van der Waals surface area contributed by atoms with Gasteiger partial charge in [-0.2, -0.15) is 5.10 Å². The van der Waals surface area contributed by atoms with Crippen molar-refractivity contribution in [1.82, 2.24) is 10.2 Å². The second-order valence-corrected chi connectivity index (χ2v) is 4.76. The molecule has 0 aliphatic heterocycles. The molecule has 6 nitrogen and oxygen atoms in total. The number of carboxylic acid groups (broad SMARTS) is 1. The van der Waals surface area contributed by atoms with Crippen molar-refractivity contribution >= 4 is 11.7 Å². The Morgan fingerprint density at radius 1 is 1.50 bits per heavy atom. The lowest BCUT2D eigenvalue weighted by molar-refractivity contribution is -0.138. The highest BCUT2D eigenvalue weighted by Crippen LogP contribution is 2.18. The van der Waals surface area contributed by atoms with E-state index in [9.17, 15) is 4.79 Å². The molecule has 2 rings (SSSR count). The number of H-pyrrole nitrogens is 1. The zero-order valence-corrected chi connectivity index (χ0v) is 11.3. The average Bonchev–Trinajstić information content (AvgIpc) is 2.90. The molecule has 0 saturated heterocycles. The SMILES string of the molecule is Cc1cc(C[C@H](N)C(=O)O)ccc1NCc1cn[nH]c1. The number of hydrogen-bond donors (Lipinski definition) is 4. The summed E-state index contributed by atoms with van der Waals surface area (Å²) in [6, 6.07) is 4.94. The molecule has 2 aromatic rings. The number of aromatic amines is 1. The van der Waals surface area contributed by atoms with Gasteiger partial charge in [-0.15, -0.1) is 0 Å². The van der Waals surface area contributed by atoms with Crippen molar-refractivity contribution < 1.29 is 9.90 Å². The second-order valence-electron chi connectivity index (χ2n) is 4.76. The van der Waals surface area contributed by atoms with Crippen LogP contribution in [0.3, 0.4) is 0 Å². The largest absolute Gasteiger partial charge is 0.480 e. The number of benzene rings is 1. The van der Waals surface area contributed by atoms with E-state index in [1.807, 2.05) is 31.3 Å². The third-order valence-electron chi connectivity index (χ3n) is 3.10. The van der Waals surface area contributed by atoms with Crippen molar-refractivity contribution in [1.29, 1.82) is 0 Å². The van der Waals surface area contributed by atoms with Crippen LogP contribution in [0.2, 0.25) is 0 Å². The lowest BCUT2D eigenvalue weighted by Crippen LogP contribution is -2.32. The lowest BCUT2D eigenvalue weighted by Gasteiger charge is -2.12. The van der Waals surface area contributed by atoms with Crippen molar-refractivity contribution in [2.24, 2.45) is 5.73 Å². The molecule has 0 radical (unpaired) electrons. The molecule has 6 heteroatoms. The number of nitrogens with one attached hydrogen (secondary N) is 2. The van der Waals surface area contributed by atoms with Gasteiger partial charge in [0, 0.05) is 24.0 Å². The molecule has 0 saturated carbocycles. The zero-order valence-electron chi connectivity index (χ0n) is 11.3. The first-order valence-electron chi connectivity index (χ1n) is 6.35. The highest BCUT2D eigenvalue weighted by atomic mass is 16.4. The van der Waals surface area contributed by atoms with Crippen LogP contribution in [0.5, 0.6) is 0 Å². The van der Waals surface area contributed by atoms with Crippen LogP contribution in [0.1, 0.15) is 16.7 Å². The highest BCUT2D eigenvalue weighted by Gasteiger charge is 2.12. The molecule has 1 atom stereocenters.